The first kappa shape index (κ1) is 16.4. The number of amides is 2. The molecule has 0 saturated heterocycles. The number of aromatic nitrogens is 3. The molecule has 2 aromatic heterocycles. The van der Waals surface area contributed by atoms with Crippen molar-refractivity contribution in [3.8, 4) is 5.82 Å². The predicted octanol–water partition coefficient (Wildman–Crippen LogP) is 2.28. The van der Waals surface area contributed by atoms with E-state index in [4.69, 9.17) is 0 Å². The number of nitrogens with zero attached hydrogens (tertiary/aromatic N) is 4. The minimum absolute atomic E-state index is 0.129. The summed E-state index contributed by atoms with van der Waals surface area (Å²) in [6, 6.07) is 5.56. The molecule has 2 heterocycles. The second-order valence-corrected chi connectivity index (χ2v) is 6.25. The van der Waals surface area contributed by atoms with Gasteiger partial charge >= 0.3 is 6.03 Å². The molecule has 1 aliphatic carbocycles. The van der Waals surface area contributed by atoms with Gasteiger partial charge in [0.15, 0.2) is 5.82 Å². The zero-order valence-electron chi connectivity index (χ0n) is 13.8. The van der Waals surface area contributed by atoms with Gasteiger partial charge in [0.2, 0.25) is 0 Å². The summed E-state index contributed by atoms with van der Waals surface area (Å²) >= 11 is 0. The van der Waals surface area contributed by atoms with Gasteiger partial charge in [0.1, 0.15) is 0 Å². The van der Waals surface area contributed by atoms with Crippen LogP contribution in [0.4, 0.5) is 10.5 Å². The van der Waals surface area contributed by atoms with E-state index >= 15 is 0 Å². The van der Waals surface area contributed by atoms with Crippen molar-refractivity contribution in [3.63, 3.8) is 0 Å². The Morgan fingerprint density at radius 1 is 1.38 bits per heavy atom. The molecule has 2 aromatic rings. The number of anilines is 1. The Labute approximate surface area is 141 Å². The Morgan fingerprint density at radius 2 is 2.17 bits per heavy atom. The van der Waals surface area contributed by atoms with Crippen LogP contribution in [0.15, 0.2) is 36.8 Å². The first-order valence-electron chi connectivity index (χ1n) is 8.28. The number of aliphatic hydroxyl groups excluding tert-OH is 1. The molecule has 128 valence electrons. The molecule has 24 heavy (non-hydrogen) atoms. The highest BCUT2D eigenvalue weighted by Crippen LogP contribution is 2.27. The Hall–Kier alpha value is -2.41. The molecular weight excluding hydrogens is 306 g/mol. The van der Waals surface area contributed by atoms with Crippen molar-refractivity contribution < 1.29 is 9.90 Å². The smallest absolute Gasteiger partial charge is 0.321 e. The molecule has 1 aliphatic rings. The number of pyridine rings is 1. The third-order valence-corrected chi connectivity index (χ3v) is 4.68. The van der Waals surface area contributed by atoms with E-state index in [1.807, 2.05) is 31.4 Å². The van der Waals surface area contributed by atoms with Crippen molar-refractivity contribution in [3.05, 3.63) is 36.8 Å². The fraction of sp³-hybridized carbons (Fsp3) is 0.471. The minimum atomic E-state index is -0.129. The summed E-state index contributed by atoms with van der Waals surface area (Å²) in [7, 11) is 1.82. The lowest BCUT2D eigenvalue weighted by atomic mass is 9.86. The zero-order valence-corrected chi connectivity index (χ0v) is 13.8. The first-order chi connectivity index (χ1) is 11.7. The van der Waals surface area contributed by atoms with Crippen LogP contribution in [-0.4, -0.2) is 50.5 Å². The normalized spacial score (nSPS) is 20.6. The third kappa shape index (κ3) is 3.73. The summed E-state index contributed by atoms with van der Waals surface area (Å²) in [5.41, 5.74) is 0.659. The van der Waals surface area contributed by atoms with Crippen molar-refractivity contribution in [1.29, 1.82) is 0 Å². The maximum Gasteiger partial charge on any atom is 0.321 e. The molecule has 0 aromatic carbocycles. The number of aliphatic hydroxyl groups is 1. The molecule has 7 heteroatoms. The molecule has 7 nitrogen and oxygen atoms in total. The van der Waals surface area contributed by atoms with Crippen LogP contribution in [0.3, 0.4) is 0 Å². The molecule has 0 bridgehead atoms. The summed E-state index contributed by atoms with van der Waals surface area (Å²) in [5.74, 6) is 1.09. The van der Waals surface area contributed by atoms with Crippen molar-refractivity contribution >= 4 is 11.7 Å². The van der Waals surface area contributed by atoms with Gasteiger partial charge < -0.3 is 15.3 Å². The standard InChI is InChI=1S/C17H23N5O2/c1-21(15-6-3-13(12-23)4-7-15)17(24)20-14-5-8-16(18-11-14)22-10-2-9-19-22/h2,5,8-11,13,15,23H,3-4,6-7,12H2,1H3,(H,20,24). The van der Waals surface area contributed by atoms with E-state index in [0.717, 1.165) is 25.7 Å². The second-order valence-electron chi connectivity index (χ2n) is 6.25. The molecule has 0 unspecified atom stereocenters. The van der Waals surface area contributed by atoms with Gasteiger partial charge in [-0.1, -0.05) is 0 Å². The summed E-state index contributed by atoms with van der Waals surface area (Å²) in [4.78, 5) is 18.5. The maximum absolute atomic E-state index is 12.4. The van der Waals surface area contributed by atoms with E-state index in [0.29, 0.717) is 17.4 Å². The lowest BCUT2D eigenvalue weighted by Crippen LogP contribution is -2.42. The number of hydrogen-bond acceptors (Lipinski definition) is 4. The van der Waals surface area contributed by atoms with Crippen LogP contribution in [0.25, 0.3) is 5.82 Å². The van der Waals surface area contributed by atoms with Gasteiger partial charge in [-0.2, -0.15) is 5.10 Å². The summed E-state index contributed by atoms with van der Waals surface area (Å²) in [5, 5.41) is 16.2. The molecule has 1 saturated carbocycles. The highest BCUT2D eigenvalue weighted by atomic mass is 16.3. The zero-order chi connectivity index (χ0) is 16.9. The summed E-state index contributed by atoms with van der Waals surface area (Å²) in [6.07, 6.45) is 8.95. The fourth-order valence-corrected chi connectivity index (χ4v) is 3.09. The van der Waals surface area contributed by atoms with E-state index in [1.165, 1.54) is 0 Å². The summed E-state index contributed by atoms with van der Waals surface area (Å²) in [6.45, 7) is 0.247. The number of nitrogens with one attached hydrogen (secondary N) is 1. The SMILES string of the molecule is CN(C(=O)Nc1ccc(-n2cccn2)nc1)C1CCC(CO)CC1. The number of carbonyl (C=O) groups is 1. The molecule has 2 N–H and O–H groups in total. The molecular formula is C17H23N5O2. The van der Waals surface area contributed by atoms with Gasteiger partial charge in [0.25, 0.3) is 0 Å². The van der Waals surface area contributed by atoms with Crippen LogP contribution in [0.5, 0.6) is 0 Å². The molecule has 2 amide bonds. The van der Waals surface area contributed by atoms with Crippen LogP contribution in [0.2, 0.25) is 0 Å². The number of urea groups is 1. The predicted molar refractivity (Wildman–Crippen MR) is 91.0 cm³/mol. The van der Waals surface area contributed by atoms with E-state index in [-0.39, 0.29) is 18.7 Å². The van der Waals surface area contributed by atoms with Crippen LogP contribution >= 0.6 is 0 Å². The first-order valence-corrected chi connectivity index (χ1v) is 8.28. The lowest BCUT2D eigenvalue weighted by Gasteiger charge is -2.34. The number of hydrogen-bond donors (Lipinski definition) is 2. The van der Waals surface area contributed by atoms with Crippen molar-refractivity contribution in [2.24, 2.45) is 5.92 Å². The molecule has 3 rings (SSSR count). The van der Waals surface area contributed by atoms with Gasteiger partial charge in [-0.25, -0.2) is 14.5 Å². The topological polar surface area (TPSA) is 83.3 Å². The highest BCUT2D eigenvalue weighted by Gasteiger charge is 2.26. The van der Waals surface area contributed by atoms with Crippen LogP contribution in [0, 0.1) is 5.92 Å². The van der Waals surface area contributed by atoms with E-state index in [2.05, 4.69) is 15.4 Å². The van der Waals surface area contributed by atoms with Gasteiger partial charge in [-0.3, -0.25) is 0 Å². The van der Waals surface area contributed by atoms with Crippen molar-refractivity contribution in [2.45, 2.75) is 31.7 Å². The van der Waals surface area contributed by atoms with Gasteiger partial charge in [-0.05, 0) is 49.8 Å². The molecule has 0 atom stereocenters. The monoisotopic (exact) mass is 329 g/mol. The quantitative estimate of drug-likeness (QED) is 0.901. The molecule has 0 radical (unpaired) electrons. The number of carbonyl (C=O) groups excluding carboxylic acids is 1. The second kappa shape index (κ2) is 7.44. The van der Waals surface area contributed by atoms with Gasteiger partial charge in [0, 0.05) is 32.1 Å². The molecule has 1 fully saturated rings. The molecule has 0 aliphatic heterocycles. The fourth-order valence-electron chi connectivity index (χ4n) is 3.09. The average Bonchev–Trinajstić information content (AvgIpc) is 3.16. The third-order valence-electron chi connectivity index (χ3n) is 4.68. The van der Waals surface area contributed by atoms with Crippen LogP contribution in [0.1, 0.15) is 25.7 Å². The van der Waals surface area contributed by atoms with Gasteiger partial charge in [-0.15, -0.1) is 0 Å². The van der Waals surface area contributed by atoms with E-state index < -0.39 is 0 Å². The summed E-state index contributed by atoms with van der Waals surface area (Å²) < 4.78 is 1.66. The maximum atomic E-state index is 12.4. The van der Waals surface area contributed by atoms with Crippen molar-refractivity contribution in [2.75, 3.05) is 19.0 Å². The minimum Gasteiger partial charge on any atom is -0.396 e. The van der Waals surface area contributed by atoms with E-state index in [1.54, 1.807) is 22.0 Å². The Morgan fingerprint density at radius 3 is 2.75 bits per heavy atom. The Bertz CT molecular complexity index is 648. The lowest BCUT2D eigenvalue weighted by molar-refractivity contribution is 0.139. The Balaban J connectivity index is 1.56. The highest BCUT2D eigenvalue weighted by molar-refractivity contribution is 5.89. The van der Waals surface area contributed by atoms with Crippen LogP contribution < -0.4 is 5.32 Å². The average molecular weight is 329 g/mol. The van der Waals surface area contributed by atoms with Crippen molar-refractivity contribution in [1.82, 2.24) is 19.7 Å². The van der Waals surface area contributed by atoms with Crippen LogP contribution in [-0.2, 0) is 0 Å². The van der Waals surface area contributed by atoms with Gasteiger partial charge in [0.05, 0.1) is 11.9 Å². The molecule has 0 spiro atoms. The van der Waals surface area contributed by atoms with E-state index in [9.17, 15) is 9.90 Å². The largest absolute Gasteiger partial charge is 0.396 e. The number of rotatable bonds is 4. The Kier molecular flexibility index (Phi) is 5.10.